The number of fused-ring (bicyclic) bond motifs is 1. The van der Waals surface area contributed by atoms with Crippen LogP contribution in [0.2, 0.25) is 0 Å². The summed E-state index contributed by atoms with van der Waals surface area (Å²) in [5, 5.41) is 10.0. The monoisotopic (exact) mass is 186 g/mol. The lowest BCUT2D eigenvalue weighted by Gasteiger charge is -2.00. The fourth-order valence-electron chi connectivity index (χ4n) is 1.79. The first-order chi connectivity index (χ1) is 6.93. The number of benzene rings is 1. The van der Waals surface area contributed by atoms with Crippen LogP contribution in [0.25, 0.3) is 11.4 Å². The minimum atomic E-state index is 0.833. The van der Waals surface area contributed by atoms with Crippen molar-refractivity contribution < 1.29 is 0 Å². The fourth-order valence-corrected chi connectivity index (χ4v) is 1.79. The van der Waals surface area contributed by atoms with E-state index in [1.807, 2.05) is 0 Å². The molecule has 1 aliphatic heterocycles. The second kappa shape index (κ2) is 2.92. The highest BCUT2D eigenvalue weighted by atomic mass is 15.2. The Kier molecular flexibility index (Phi) is 1.61. The Morgan fingerprint density at radius 3 is 2.93 bits per heavy atom. The molecule has 0 unspecified atom stereocenters. The predicted octanol–water partition coefficient (Wildman–Crippen LogP) is 1.07. The molecule has 0 fully saturated rings. The van der Waals surface area contributed by atoms with Crippen LogP contribution in [0.4, 0.5) is 0 Å². The Morgan fingerprint density at radius 1 is 1.14 bits per heavy atom. The van der Waals surface area contributed by atoms with E-state index in [1.54, 1.807) is 0 Å². The number of hydrogen-bond donors (Lipinski definition) is 2. The minimum Gasteiger partial charge on any atom is -0.309 e. The molecular weight excluding hydrogens is 176 g/mol. The summed E-state index contributed by atoms with van der Waals surface area (Å²) in [6.45, 7) is 1.93. The van der Waals surface area contributed by atoms with E-state index in [2.05, 4.69) is 38.7 Å². The van der Waals surface area contributed by atoms with Crippen molar-refractivity contribution in [2.45, 2.75) is 13.1 Å². The van der Waals surface area contributed by atoms with Crippen molar-refractivity contribution in [3.63, 3.8) is 0 Å². The van der Waals surface area contributed by atoms with Gasteiger partial charge in [-0.05, 0) is 17.2 Å². The van der Waals surface area contributed by atoms with Gasteiger partial charge in [-0.3, -0.25) is 5.10 Å². The van der Waals surface area contributed by atoms with E-state index in [0.717, 1.165) is 24.5 Å². The van der Waals surface area contributed by atoms with Gasteiger partial charge in [-0.2, -0.15) is 5.10 Å². The first-order valence-corrected chi connectivity index (χ1v) is 4.62. The largest absolute Gasteiger partial charge is 0.309 e. The molecule has 2 aromatic rings. The van der Waals surface area contributed by atoms with Crippen LogP contribution >= 0.6 is 0 Å². The molecule has 0 saturated carbocycles. The quantitative estimate of drug-likeness (QED) is 0.700. The summed E-state index contributed by atoms with van der Waals surface area (Å²) in [4.78, 5) is 4.12. The number of aromatic nitrogens is 3. The summed E-state index contributed by atoms with van der Waals surface area (Å²) in [6.07, 6.45) is 1.53. The molecule has 2 N–H and O–H groups in total. The van der Waals surface area contributed by atoms with E-state index in [4.69, 9.17) is 0 Å². The highest BCUT2D eigenvalue weighted by Crippen LogP contribution is 2.21. The molecule has 70 valence electrons. The number of rotatable bonds is 1. The molecule has 0 atom stereocenters. The average molecular weight is 186 g/mol. The molecule has 0 radical (unpaired) electrons. The topological polar surface area (TPSA) is 53.6 Å². The van der Waals surface area contributed by atoms with E-state index < -0.39 is 0 Å². The molecule has 1 aromatic heterocycles. The van der Waals surface area contributed by atoms with Crippen molar-refractivity contribution in [3.05, 3.63) is 35.7 Å². The van der Waals surface area contributed by atoms with E-state index in [1.165, 1.54) is 17.5 Å². The van der Waals surface area contributed by atoms with Gasteiger partial charge in [0.2, 0.25) is 0 Å². The number of nitrogens with one attached hydrogen (secondary N) is 2. The normalized spacial score (nSPS) is 14.3. The molecule has 4 nitrogen and oxygen atoms in total. The highest BCUT2D eigenvalue weighted by molar-refractivity contribution is 5.57. The minimum absolute atomic E-state index is 0.833. The van der Waals surface area contributed by atoms with Crippen LogP contribution in [0.3, 0.4) is 0 Å². The number of H-pyrrole nitrogens is 1. The maximum absolute atomic E-state index is 4.12. The molecule has 4 heteroatoms. The summed E-state index contributed by atoms with van der Waals surface area (Å²) >= 11 is 0. The maximum Gasteiger partial charge on any atom is 0.155 e. The molecule has 14 heavy (non-hydrogen) atoms. The Balaban J connectivity index is 2.09. The SMILES string of the molecule is c1n[nH]c(-c2ccc3c(c2)CNC3)n1. The van der Waals surface area contributed by atoms with Crippen LogP contribution < -0.4 is 5.32 Å². The van der Waals surface area contributed by atoms with Crippen molar-refractivity contribution in [3.8, 4) is 11.4 Å². The van der Waals surface area contributed by atoms with Gasteiger partial charge in [0, 0.05) is 18.7 Å². The maximum atomic E-state index is 4.12. The summed E-state index contributed by atoms with van der Waals surface area (Å²) in [5.41, 5.74) is 3.84. The lowest BCUT2D eigenvalue weighted by molar-refractivity contribution is 0.765. The van der Waals surface area contributed by atoms with Crippen molar-refractivity contribution in [1.82, 2.24) is 20.5 Å². The molecule has 0 amide bonds. The third-order valence-electron chi connectivity index (χ3n) is 2.53. The molecule has 3 rings (SSSR count). The molecule has 1 aliphatic rings. The van der Waals surface area contributed by atoms with E-state index in [-0.39, 0.29) is 0 Å². The van der Waals surface area contributed by atoms with Gasteiger partial charge in [0.25, 0.3) is 0 Å². The molecule has 0 spiro atoms. The first-order valence-electron chi connectivity index (χ1n) is 4.62. The van der Waals surface area contributed by atoms with Gasteiger partial charge in [-0.1, -0.05) is 12.1 Å². The summed E-state index contributed by atoms with van der Waals surface area (Å²) in [5.74, 6) is 0.833. The highest BCUT2D eigenvalue weighted by Gasteiger charge is 2.11. The molecule has 2 heterocycles. The van der Waals surface area contributed by atoms with E-state index in [0.29, 0.717) is 0 Å². The van der Waals surface area contributed by atoms with Gasteiger partial charge in [0.1, 0.15) is 6.33 Å². The molecular formula is C10H10N4. The molecule has 0 saturated heterocycles. The standard InChI is InChI=1S/C10H10N4/c1-2-8-4-11-5-9(8)3-7(1)10-12-6-13-14-10/h1-3,6,11H,4-5H2,(H,12,13,14). The van der Waals surface area contributed by atoms with Gasteiger partial charge >= 0.3 is 0 Å². The zero-order valence-electron chi connectivity index (χ0n) is 7.62. The predicted molar refractivity (Wildman–Crippen MR) is 52.4 cm³/mol. The van der Waals surface area contributed by atoms with Crippen LogP contribution in [-0.2, 0) is 13.1 Å². The molecule has 1 aromatic carbocycles. The van der Waals surface area contributed by atoms with Gasteiger partial charge in [-0.15, -0.1) is 0 Å². The summed E-state index contributed by atoms with van der Waals surface area (Å²) < 4.78 is 0. The van der Waals surface area contributed by atoms with Crippen LogP contribution in [0.1, 0.15) is 11.1 Å². The third-order valence-corrected chi connectivity index (χ3v) is 2.53. The van der Waals surface area contributed by atoms with E-state index in [9.17, 15) is 0 Å². The number of aromatic amines is 1. The first kappa shape index (κ1) is 7.70. The second-order valence-electron chi connectivity index (χ2n) is 3.42. The molecule has 0 bridgehead atoms. The average Bonchev–Trinajstić information content (AvgIpc) is 2.88. The Morgan fingerprint density at radius 2 is 2.07 bits per heavy atom. The van der Waals surface area contributed by atoms with Crippen LogP contribution in [0.5, 0.6) is 0 Å². The zero-order chi connectivity index (χ0) is 9.38. The van der Waals surface area contributed by atoms with E-state index >= 15 is 0 Å². The summed E-state index contributed by atoms with van der Waals surface area (Å²) in [7, 11) is 0. The Bertz CT molecular complexity index is 447. The van der Waals surface area contributed by atoms with Crippen molar-refractivity contribution in [1.29, 1.82) is 0 Å². The zero-order valence-corrected chi connectivity index (χ0v) is 7.62. The fraction of sp³-hybridized carbons (Fsp3) is 0.200. The van der Waals surface area contributed by atoms with Crippen LogP contribution in [0, 0.1) is 0 Å². The smallest absolute Gasteiger partial charge is 0.155 e. The van der Waals surface area contributed by atoms with Gasteiger partial charge in [0.15, 0.2) is 5.82 Å². The summed E-state index contributed by atoms with van der Waals surface area (Å²) in [6, 6.07) is 6.38. The second-order valence-corrected chi connectivity index (χ2v) is 3.42. The van der Waals surface area contributed by atoms with Gasteiger partial charge in [-0.25, -0.2) is 4.98 Å². The number of hydrogen-bond acceptors (Lipinski definition) is 3. The van der Waals surface area contributed by atoms with Crippen LogP contribution in [-0.4, -0.2) is 15.2 Å². The lowest BCUT2D eigenvalue weighted by atomic mass is 10.1. The van der Waals surface area contributed by atoms with Crippen molar-refractivity contribution in [2.24, 2.45) is 0 Å². The Hall–Kier alpha value is -1.68. The lowest BCUT2D eigenvalue weighted by Crippen LogP contribution is -1.99. The number of nitrogens with zero attached hydrogens (tertiary/aromatic N) is 2. The third kappa shape index (κ3) is 1.12. The van der Waals surface area contributed by atoms with Crippen molar-refractivity contribution in [2.75, 3.05) is 0 Å². The van der Waals surface area contributed by atoms with Gasteiger partial charge < -0.3 is 5.32 Å². The van der Waals surface area contributed by atoms with Gasteiger partial charge in [0.05, 0.1) is 0 Å². The Labute approximate surface area is 81.4 Å². The van der Waals surface area contributed by atoms with Crippen molar-refractivity contribution >= 4 is 0 Å². The molecule has 0 aliphatic carbocycles. The van der Waals surface area contributed by atoms with Crippen LogP contribution in [0.15, 0.2) is 24.5 Å².